The fourth-order valence-electron chi connectivity index (χ4n) is 0.926. The van der Waals surface area contributed by atoms with Gasteiger partial charge in [0.15, 0.2) is 0 Å². The molecule has 0 fully saturated rings. The minimum absolute atomic E-state index is 0. The maximum absolute atomic E-state index is 10.4. The average molecular weight is 224 g/mol. The maximum Gasteiger partial charge on any atom is 1.00 e. The number of ether oxygens (including phenoxy) is 1. The van der Waals surface area contributed by atoms with Crippen molar-refractivity contribution in [3.05, 3.63) is 29.8 Å². The van der Waals surface area contributed by atoms with E-state index in [1.165, 1.54) is 7.11 Å². The Hall–Kier alpha value is -0.0700. The topological polar surface area (TPSA) is 66.4 Å². The zero-order valence-corrected chi connectivity index (χ0v) is 10.9. The zero-order valence-electron chi connectivity index (χ0n) is 8.06. The Morgan fingerprint density at radius 1 is 1.29 bits per heavy atom. The van der Waals surface area contributed by atoms with E-state index in [4.69, 9.17) is 4.74 Å². The van der Waals surface area contributed by atoms with Crippen LogP contribution in [0.5, 0.6) is 5.75 Å². The molecule has 1 rings (SSSR count). The van der Waals surface area contributed by atoms with E-state index in [-0.39, 0.29) is 29.6 Å². The molecule has 0 saturated carbocycles. The monoisotopic (exact) mass is 224 g/mol. The molecular formula is C8H9NaO4S. The van der Waals surface area contributed by atoms with E-state index in [1.54, 1.807) is 24.3 Å². The Balaban J connectivity index is 0.00000169. The molecule has 0 aliphatic carbocycles. The van der Waals surface area contributed by atoms with Crippen molar-refractivity contribution in [3.8, 4) is 5.75 Å². The van der Waals surface area contributed by atoms with Crippen molar-refractivity contribution in [1.29, 1.82) is 0 Å². The van der Waals surface area contributed by atoms with Crippen molar-refractivity contribution in [2.45, 2.75) is 5.75 Å². The quantitative estimate of drug-likeness (QED) is 0.429. The van der Waals surface area contributed by atoms with Gasteiger partial charge in [0.1, 0.15) is 5.75 Å². The molecule has 0 bridgehead atoms. The molecule has 0 amide bonds. The number of hydrogen-bond acceptors (Lipinski definition) is 4. The van der Waals surface area contributed by atoms with Gasteiger partial charge in [-0.15, -0.1) is 0 Å². The van der Waals surface area contributed by atoms with Crippen LogP contribution in [-0.4, -0.2) is 20.1 Å². The van der Waals surface area contributed by atoms with E-state index in [2.05, 4.69) is 0 Å². The molecule has 0 unspecified atom stereocenters. The molecule has 0 atom stereocenters. The van der Waals surface area contributed by atoms with Crippen LogP contribution >= 0.6 is 0 Å². The summed E-state index contributed by atoms with van der Waals surface area (Å²) >= 11 is 0. The van der Waals surface area contributed by atoms with E-state index < -0.39 is 15.9 Å². The Labute approximate surface area is 105 Å². The molecule has 1 aromatic carbocycles. The molecule has 4 nitrogen and oxygen atoms in total. The Bertz CT molecular complexity index is 371. The van der Waals surface area contributed by atoms with Crippen LogP contribution < -0.4 is 34.3 Å². The van der Waals surface area contributed by atoms with Crippen LogP contribution in [0.4, 0.5) is 0 Å². The molecule has 0 radical (unpaired) electrons. The molecule has 0 spiro atoms. The van der Waals surface area contributed by atoms with Crippen LogP contribution in [0.3, 0.4) is 0 Å². The predicted octanol–water partition coefficient (Wildman–Crippen LogP) is -2.26. The second kappa shape index (κ2) is 5.72. The van der Waals surface area contributed by atoms with E-state index >= 15 is 0 Å². The third-order valence-electron chi connectivity index (χ3n) is 1.50. The minimum Gasteiger partial charge on any atom is -0.748 e. The summed E-state index contributed by atoms with van der Waals surface area (Å²) in [5.41, 5.74) is 0.468. The van der Waals surface area contributed by atoms with Crippen molar-refractivity contribution in [3.63, 3.8) is 0 Å². The van der Waals surface area contributed by atoms with Crippen molar-refractivity contribution in [2.24, 2.45) is 0 Å². The van der Waals surface area contributed by atoms with Gasteiger partial charge in [0.2, 0.25) is 0 Å². The molecule has 72 valence electrons. The third kappa shape index (κ3) is 4.97. The van der Waals surface area contributed by atoms with E-state index in [9.17, 15) is 13.0 Å². The van der Waals surface area contributed by atoms with Crippen molar-refractivity contribution >= 4 is 10.1 Å². The van der Waals surface area contributed by atoms with Gasteiger partial charge in [0.25, 0.3) is 0 Å². The number of benzene rings is 1. The molecule has 0 aliphatic heterocycles. The van der Waals surface area contributed by atoms with Gasteiger partial charge in [0.05, 0.1) is 23.0 Å². The van der Waals surface area contributed by atoms with Crippen molar-refractivity contribution < 1.29 is 47.3 Å². The average Bonchev–Trinajstić information content (AvgIpc) is 2.03. The fourth-order valence-corrected chi connectivity index (χ4v) is 1.53. The first-order chi connectivity index (χ1) is 6.01. The Morgan fingerprint density at radius 3 is 2.14 bits per heavy atom. The second-order valence-corrected chi connectivity index (χ2v) is 3.95. The first-order valence-corrected chi connectivity index (χ1v) is 5.15. The molecule has 0 aromatic heterocycles. The summed E-state index contributed by atoms with van der Waals surface area (Å²) in [5.74, 6) is 0.156. The van der Waals surface area contributed by atoms with Gasteiger partial charge < -0.3 is 9.29 Å². The van der Waals surface area contributed by atoms with Crippen LogP contribution in [-0.2, 0) is 15.9 Å². The van der Waals surface area contributed by atoms with Gasteiger partial charge in [-0.2, -0.15) is 0 Å². The summed E-state index contributed by atoms with van der Waals surface area (Å²) < 4.78 is 36.0. The van der Waals surface area contributed by atoms with Gasteiger partial charge in [-0.1, -0.05) is 12.1 Å². The molecule has 1 aromatic rings. The molecular weight excluding hydrogens is 215 g/mol. The summed E-state index contributed by atoms with van der Waals surface area (Å²) in [6.45, 7) is 0. The fraction of sp³-hybridized carbons (Fsp3) is 0.250. The Morgan fingerprint density at radius 2 is 1.79 bits per heavy atom. The second-order valence-electron chi connectivity index (χ2n) is 2.55. The van der Waals surface area contributed by atoms with Crippen LogP contribution in [0.25, 0.3) is 0 Å². The Kier molecular flexibility index (Phi) is 5.70. The van der Waals surface area contributed by atoms with E-state index in [0.717, 1.165) is 0 Å². The summed E-state index contributed by atoms with van der Waals surface area (Å²) in [5, 5.41) is 0. The summed E-state index contributed by atoms with van der Waals surface area (Å²) in [6, 6.07) is 6.32. The standard InChI is InChI=1S/C8H10O4S.Na/c1-12-8-4-2-7(3-5-8)6-13(9,10)11;/h2-5H,6H2,1H3,(H,9,10,11);/q;+1/p-1. The third-order valence-corrected chi connectivity index (χ3v) is 2.19. The van der Waals surface area contributed by atoms with E-state index in [0.29, 0.717) is 11.3 Å². The summed E-state index contributed by atoms with van der Waals surface area (Å²) in [4.78, 5) is 0. The smallest absolute Gasteiger partial charge is 0.748 e. The van der Waals surface area contributed by atoms with Crippen molar-refractivity contribution in [1.82, 2.24) is 0 Å². The van der Waals surface area contributed by atoms with Crippen LogP contribution in [0.1, 0.15) is 5.56 Å². The van der Waals surface area contributed by atoms with Crippen molar-refractivity contribution in [2.75, 3.05) is 7.11 Å². The number of methoxy groups -OCH3 is 1. The first-order valence-electron chi connectivity index (χ1n) is 3.58. The van der Waals surface area contributed by atoms with E-state index in [1.807, 2.05) is 0 Å². The van der Waals surface area contributed by atoms with Crippen LogP contribution in [0.15, 0.2) is 24.3 Å². The van der Waals surface area contributed by atoms with Gasteiger partial charge in [-0.3, -0.25) is 0 Å². The molecule has 0 N–H and O–H groups in total. The largest absolute Gasteiger partial charge is 1.00 e. The minimum atomic E-state index is -4.19. The molecule has 0 saturated heterocycles. The first kappa shape index (κ1) is 13.9. The SMILES string of the molecule is COc1ccc(CS(=O)(=O)[O-])cc1.[Na+]. The maximum atomic E-state index is 10.4. The number of hydrogen-bond donors (Lipinski definition) is 0. The zero-order chi connectivity index (χ0) is 9.90. The molecule has 0 aliphatic rings. The van der Waals surface area contributed by atoms with Gasteiger partial charge >= 0.3 is 29.6 Å². The summed E-state index contributed by atoms with van der Waals surface area (Å²) in [6.07, 6.45) is 0. The molecule has 0 heterocycles. The van der Waals surface area contributed by atoms with Crippen LogP contribution in [0, 0.1) is 0 Å². The predicted molar refractivity (Wildman–Crippen MR) is 46.4 cm³/mol. The van der Waals surface area contributed by atoms with Gasteiger partial charge in [0, 0.05) is 0 Å². The normalized spacial score (nSPS) is 10.4. The van der Waals surface area contributed by atoms with Crippen LogP contribution in [0.2, 0.25) is 0 Å². The molecule has 6 heteroatoms. The number of rotatable bonds is 3. The summed E-state index contributed by atoms with van der Waals surface area (Å²) in [7, 11) is -2.67. The van der Waals surface area contributed by atoms with Gasteiger partial charge in [-0.05, 0) is 17.7 Å². The molecule has 14 heavy (non-hydrogen) atoms. The van der Waals surface area contributed by atoms with Gasteiger partial charge in [-0.25, -0.2) is 8.42 Å².